The van der Waals surface area contributed by atoms with E-state index in [-0.39, 0.29) is 16.8 Å². The third-order valence-corrected chi connectivity index (χ3v) is 4.96. The monoisotopic (exact) mass is 398 g/mol. The van der Waals surface area contributed by atoms with Crippen LogP contribution in [0.15, 0.2) is 90.5 Å². The number of rotatable bonds is 4. The van der Waals surface area contributed by atoms with Crippen LogP contribution in [0.4, 0.5) is 5.69 Å². The summed E-state index contributed by atoms with van der Waals surface area (Å²) in [6.07, 6.45) is 0. The fourth-order valence-corrected chi connectivity index (χ4v) is 3.57. The number of benzene rings is 3. The van der Waals surface area contributed by atoms with E-state index < -0.39 is 29.5 Å². The molecule has 3 aromatic carbocycles. The molecule has 1 aliphatic rings. The highest BCUT2D eigenvalue weighted by Crippen LogP contribution is 2.41. The van der Waals surface area contributed by atoms with Crippen molar-refractivity contribution < 1.29 is 24.6 Å². The van der Waals surface area contributed by atoms with Gasteiger partial charge in [0.05, 0.1) is 11.6 Å². The van der Waals surface area contributed by atoms with Crippen LogP contribution in [0.3, 0.4) is 0 Å². The van der Waals surface area contributed by atoms with Gasteiger partial charge in [-0.3, -0.25) is 14.5 Å². The highest BCUT2D eigenvalue weighted by molar-refractivity contribution is 6.51. The number of carbonyl (C=O) groups excluding carboxylic acids is 2. The maximum Gasteiger partial charge on any atom is 0.335 e. The van der Waals surface area contributed by atoms with Crippen molar-refractivity contribution in [3.63, 3.8) is 0 Å². The average molecular weight is 398 g/mol. The first-order valence-corrected chi connectivity index (χ1v) is 9.22. The van der Waals surface area contributed by atoms with Crippen LogP contribution in [0.25, 0.3) is 5.76 Å². The van der Waals surface area contributed by atoms with Crippen molar-refractivity contribution >= 4 is 29.1 Å². The Balaban J connectivity index is 1.95. The Morgan fingerprint density at radius 1 is 0.833 bits per heavy atom. The minimum atomic E-state index is -1.16. The number of hydrogen-bond acceptors (Lipinski definition) is 4. The van der Waals surface area contributed by atoms with E-state index in [1.54, 1.807) is 66.7 Å². The van der Waals surface area contributed by atoms with E-state index in [0.717, 1.165) is 0 Å². The third-order valence-electron chi connectivity index (χ3n) is 4.96. The maximum absolute atomic E-state index is 13.2. The molecular weight excluding hydrogens is 382 g/mol. The van der Waals surface area contributed by atoms with Crippen molar-refractivity contribution in [1.82, 2.24) is 0 Å². The van der Waals surface area contributed by atoms with Gasteiger partial charge in [-0.1, -0.05) is 72.5 Å². The Morgan fingerprint density at radius 3 is 2.07 bits per heavy atom. The van der Waals surface area contributed by atoms with Crippen LogP contribution in [0, 0.1) is 0 Å². The number of nitrogens with zero attached hydrogens (tertiary/aromatic N) is 1. The maximum atomic E-state index is 13.2. The zero-order valence-electron chi connectivity index (χ0n) is 15.7. The lowest BCUT2D eigenvalue weighted by Crippen LogP contribution is -2.29. The van der Waals surface area contributed by atoms with Crippen LogP contribution in [0.5, 0.6) is 0 Å². The Hall–Kier alpha value is -4.19. The predicted molar refractivity (Wildman–Crippen MR) is 108 cm³/mol. The minimum absolute atomic E-state index is 0.0256. The minimum Gasteiger partial charge on any atom is -0.872 e. The lowest BCUT2D eigenvalue weighted by Gasteiger charge is -2.27. The van der Waals surface area contributed by atoms with E-state index in [0.29, 0.717) is 11.1 Å². The first-order valence-electron chi connectivity index (χ1n) is 9.22. The topological polar surface area (TPSA) is 97.7 Å². The predicted octanol–water partition coefficient (Wildman–Crippen LogP) is 2.81. The van der Waals surface area contributed by atoms with Crippen LogP contribution in [-0.2, 0) is 9.59 Å². The fraction of sp³-hybridized carbons (Fsp3) is 0.0417. The quantitative estimate of drug-likeness (QED) is 0.414. The van der Waals surface area contributed by atoms with Crippen molar-refractivity contribution in [3.8, 4) is 0 Å². The second kappa shape index (κ2) is 7.67. The van der Waals surface area contributed by atoms with Crippen molar-refractivity contribution in [2.45, 2.75) is 6.04 Å². The second-order valence-electron chi connectivity index (χ2n) is 6.78. The van der Waals surface area contributed by atoms with Crippen LogP contribution < -0.4 is 10.0 Å². The Morgan fingerprint density at radius 2 is 1.43 bits per heavy atom. The van der Waals surface area contributed by atoms with Crippen LogP contribution in [0.1, 0.15) is 27.5 Å². The number of Topliss-reactive ketones (excluding diaryl/α,β-unsaturated/α-hetero) is 1. The molecule has 0 unspecified atom stereocenters. The van der Waals surface area contributed by atoms with E-state index in [1.807, 2.05) is 0 Å². The van der Waals surface area contributed by atoms with Gasteiger partial charge in [-0.15, -0.1) is 0 Å². The molecule has 0 bridgehead atoms. The third kappa shape index (κ3) is 3.24. The van der Waals surface area contributed by atoms with Gasteiger partial charge in [0.1, 0.15) is 0 Å². The van der Waals surface area contributed by atoms with Crippen LogP contribution >= 0.6 is 0 Å². The molecule has 1 atom stereocenters. The van der Waals surface area contributed by atoms with Crippen molar-refractivity contribution in [2.75, 3.05) is 4.90 Å². The van der Waals surface area contributed by atoms with E-state index >= 15 is 0 Å². The second-order valence-corrected chi connectivity index (χ2v) is 6.78. The highest BCUT2D eigenvalue weighted by Gasteiger charge is 2.45. The summed E-state index contributed by atoms with van der Waals surface area (Å²) in [4.78, 5) is 38.5. The summed E-state index contributed by atoms with van der Waals surface area (Å²) >= 11 is 0. The molecule has 6 heteroatoms. The van der Waals surface area contributed by atoms with Crippen molar-refractivity contribution in [3.05, 3.63) is 107 Å². The molecule has 1 heterocycles. The Kier molecular flexibility index (Phi) is 4.90. The van der Waals surface area contributed by atoms with Gasteiger partial charge in [-0.25, -0.2) is 4.79 Å². The van der Waals surface area contributed by atoms with Gasteiger partial charge in [0.15, 0.2) is 0 Å². The number of ketones is 1. The SMILES string of the molecule is O=C1C(=O)N(c2cccc(C(=O)O)c2)[C@@H](c2ccccc2)C1=C([O-])c1ccccc1. The van der Waals surface area contributed by atoms with Gasteiger partial charge < -0.3 is 10.2 Å². The molecule has 0 radical (unpaired) electrons. The first kappa shape index (κ1) is 19.1. The van der Waals surface area contributed by atoms with Crippen molar-refractivity contribution in [2.24, 2.45) is 0 Å². The normalized spacial score (nSPS) is 17.9. The largest absolute Gasteiger partial charge is 0.872 e. The molecule has 0 aliphatic carbocycles. The zero-order chi connectivity index (χ0) is 21.3. The summed E-state index contributed by atoms with van der Waals surface area (Å²) in [6, 6.07) is 21.8. The van der Waals surface area contributed by atoms with E-state index in [9.17, 15) is 24.6 Å². The van der Waals surface area contributed by atoms with E-state index in [2.05, 4.69) is 0 Å². The summed E-state index contributed by atoms with van der Waals surface area (Å²) in [5.74, 6) is -3.44. The molecule has 6 nitrogen and oxygen atoms in total. The van der Waals surface area contributed by atoms with Gasteiger partial charge in [-0.05, 0) is 29.3 Å². The van der Waals surface area contributed by atoms with Gasteiger partial charge >= 0.3 is 5.97 Å². The van der Waals surface area contributed by atoms with Gasteiger partial charge in [0.2, 0.25) is 5.78 Å². The molecule has 1 amide bonds. The Bertz CT molecular complexity index is 1170. The summed E-state index contributed by atoms with van der Waals surface area (Å²) in [7, 11) is 0. The fourth-order valence-electron chi connectivity index (χ4n) is 3.57. The molecule has 4 rings (SSSR count). The number of hydrogen-bond donors (Lipinski definition) is 1. The molecule has 1 N–H and O–H groups in total. The van der Waals surface area contributed by atoms with Crippen LogP contribution in [0.2, 0.25) is 0 Å². The molecule has 0 aromatic heterocycles. The van der Waals surface area contributed by atoms with Gasteiger partial charge in [0, 0.05) is 11.3 Å². The molecule has 0 saturated carbocycles. The van der Waals surface area contributed by atoms with Gasteiger partial charge in [0.25, 0.3) is 5.91 Å². The number of anilines is 1. The average Bonchev–Trinajstić information content (AvgIpc) is 3.05. The number of amides is 1. The molecule has 3 aromatic rings. The molecular formula is C24H16NO5-. The smallest absolute Gasteiger partial charge is 0.335 e. The van der Waals surface area contributed by atoms with Crippen molar-refractivity contribution in [1.29, 1.82) is 0 Å². The highest BCUT2D eigenvalue weighted by atomic mass is 16.4. The number of carbonyl (C=O) groups is 3. The standard InChI is InChI=1S/C24H17NO5/c26-21(16-10-5-2-6-11-16)19-20(15-8-3-1-4-9-15)25(23(28)22(19)27)18-13-7-12-17(14-18)24(29)30/h1-14,20,26H,(H,29,30)/p-1/t20-/m0/s1. The summed E-state index contributed by atoms with van der Waals surface area (Å²) in [6.45, 7) is 0. The molecule has 1 fully saturated rings. The van der Waals surface area contributed by atoms with Gasteiger partial charge in [-0.2, -0.15) is 0 Å². The molecule has 1 aliphatic heterocycles. The summed E-state index contributed by atoms with van der Waals surface area (Å²) in [5, 5.41) is 22.5. The number of carboxylic acid groups (broad SMARTS) is 1. The van der Waals surface area contributed by atoms with E-state index in [1.165, 1.54) is 23.1 Å². The summed E-state index contributed by atoms with van der Waals surface area (Å²) < 4.78 is 0. The summed E-state index contributed by atoms with van der Waals surface area (Å²) in [5.41, 5.74) is 0.936. The molecule has 0 spiro atoms. The zero-order valence-corrected chi connectivity index (χ0v) is 15.7. The first-order chi connectivity index (χ1) is 14.5. The molecule has 1 saturated heterocycles. The lowest BCUT2D eigenvalue weighted by atomic mass is 9.95. The molecule has 148 valence electrons. The number of carboxylic acids is 1. The van der Waals surface area contributed by atoms with E-state index in [4.69, 9.17) is 0 Å². The molecule has 30 heavy (non-hydrogen) atoms. The number of aromatic carboxylic acids is 1. The van der Waals surface area contributed by atoms with Crippen LogP contribution in [-0.4, -0.2) is 22.8 Å². The lowest BCUT2D eigenvalue weighted by molar-refractivity contribution is -0.245. The Labute approximate surface area is 172 Å².